The molecule has 30 heavy (non-hydrogen) atoms. The van der Waals surface area contributed by atoms with Crippen molar-refractivity contribution in [2.24, 2.45) is 0 Å². The van der Waals surface area contributed by atoms with Gasteiger partial charge in [0.25, 0.3) is 5.91 Å². The average Bonchev–Trinajstić information content (AvgIpc) is 2.75. The van der Waals surface area contributed by atoms with Gasteiger partial charge in [-0.2, -0.15) is 0 Å². The van der Waals surface area contributed by atoms with E-state index >= 15 is 0 Å². The van der Waals surface area contributed by atoms with Crippen LogP contribution >= 0.6 is 23.2 Å². The van der Waals surface area contributed by atoms with Gasteiger partial charge in [-0.3, -0.25) is 9.00 Å². The molecule has 0 saturated heterocycles. The van der Waals surface area contributed by atoms with Crippen LogP contribution in [0.5, 0.6) is 0 Å². The monoisotopic (exact) mass is 475 g/mol. The lowest BCUT2D eigenvalue weighted by molar-refractivity contribution is -0.121. The highest BCUT2D eigenvalue weighted by atomic mass is 35.5. The third-order valence-corrected chi connectivity index (χ3v) is 5.35. The van der Waals surface area contributed by atoms with Crippen LogP contribution in [0, 0.1) is 0 Å². The van der Waals surface area contributed by atoms with Crippen molar-refractivity contribution in [1.82, 2.24) is 5.32 Å². The second-order valence-corrected chi connectivity index (χ2v) is 8.63. The summed E-state index contributed by atoms with van der Waals surface area (Å²) in [5.74, 6) is -0.835. The quantitative estimate of drug-likeness (QED) is 0.436. The molecule has 0 bridgehead atoms. The molecule has 0 heterocycles. The van der Waals surface area contributed by atoms with E-state index in [-0.39, 0.29) is 6.61 Å². The van der Waals surface area contributed by atoms with Crippen molar-refractivity contribution < 1.29 is 27.7 Å². The lowest BCUT2D eigenvalue weighted by Gasteiger charge is -2.26. The van der Waals surface area contributed by atoms with Crippen LogP contribution in [0.2, 0.25) is 0 Å². The number of rotatable bonds is 9. The van der Waals surface area contributed by atoms with Gasteiger partial charge in [0, 0.05) is 22.0 Å². The van der Waals surface area contributed by atoms with E-state index < -0.39 is 46.5 Å². The molecular weight excluding hydrogens is 456 g/mol. The summed E-state index contributed by atoms with van der Waals surface area (Å²) in [7, 11) is -1.22. The molecule has 0 spiro atoms. The van der Waals surface area contributed by atoms with E-state index in [9.17, 15) is 18.2 Å². The minimum atomic E-state index is -1.42. The molecule has 10 heteroatoms. The van der Waals surface area contributed by atoms with Crippen LogP contribution in [0.1, 0.15) is 17.2 Å². The molecule has 1 amide bonds. The maximum absolute atomic E-state index is 13.7. The number of carbonyl (C=O) groups excluding carboxylic acids is 2. The first-order valence-electron chi connectivity index (χ1n) is 8.77. The Bertz CT molecular complexity index is 867. The average molecular weight is 476 g/mol. The molecule has 162 valence electrons. The largest absolute Gasteiger partial charge is 0.509 e. The third-order valence-electron chi connectivity index (χ3n) is 4.02. The van der Waals surface area contributed by atoms with Crippen molar-refractivity contribution in [3.8, 4) is 0 Å². The predicted octanol–water partition coefficient (Wildman–Crippen LogP) is 4.08. The zero-order valence-corrected chi connectivity index (χ0v) is 18.3. The van der Waals surface area contributed by atoms with Gasteiger partial charge in [0.15, 0.2) is 10.9 Å². The van der Waals surface area contributed by atoms with Crippen molar-refractivity contribution in [3.63, 3.8) is 0 Å². The SMILES string of the molecule is CS(=O)c1ccc([C@@H](OC(=O)OCc2ccccc2)[C@@H](CF)NC(=O)C(Cl)Cl)cc1. The number of hydrogen-bond donors (Lipinski definition) is 1. The van der Waals surface area contributed by atoms with Crippen LogP contribution in [0.15, 0.2) is 59.5 Å². The van der Waals surface area contributed by atoms with Gasteiger partial charge in [0.1, 0.15) is 13.3 Å². The standard InChI is InChI=1S/C20H20Cl2FNO5S/c1-30(27)15-9-7-14(8-10-15)17(16(11-23)24-19(25)18(21)22)29-20(26)28-12-13-5-3-2-4-6-13/h2-10,16-18H,11-12H2,1H3,(H,24,25)/t16-,17-,30?/m1/s1. The predicted molar refractivity (Wildman–Crippen MR) is 113 cm³/mol. The summed E-state index contributed by atoms with van der Waals surface area (Å²) in [5.41, 5.74) is 1.10. The van der Waals surface area contributed by atoms with Crippen LogP contribution in [-0.4, -0.2) is 40.1 Å². The Balaban J connectivity index is 2.19. The Morgan fingerprint density at radius 1 is 1.10 bits per heavy atom. The molecule has 2 rings (SSSR count). The molecule has 1 N–H and O–H groups in total. The minimum Gasteiger partial charge on any atom is -0.429 e. The van der Waals surface area contributed by atoms with Crippen LogP contribution in [0.3, 0.4) is 0 Å². The highest BCUT2D eigenvalue weighted by molar-refractivity contribution is 7.84. The topological polar surface area (TPSA) is 81.7 Å². The highest BCUT2D eigenvalue weighted by Gasteiger charge is 2.30. The summed E-state index contributed by atoms with van der Waals surface area (Å²) in [5, 5.41) is 2.31. The number of carbonyl (C=O) groups is 2. The van der Waals surface area contributed by atoms with Crippen LogP contribution in [0.25, 0.3) is 0 Å². The molecule has 0 aromatic heterocycles. The van der Waals surface area contributed by atoms with Crippen LogP contribution in [0.4, 0.5) is 9.18 Å². The molecule has 6 nitrogen and oxygen atoms in total. The summed E-state index contributed by atoms with van der Waals surface area (Å²) in [6.07, 6.45) is -0.767. The maximum atomic E-state index is 13.7. The molecule has 3 atom stereocenters. The van der Waals surface area contributed by atoms with Gasteiger partial charge in [0.05, 0.1) is 6.04 Å². The number of nitrogens with one attached hydrogen (secondary N) is 1. The van der Waals surface area contributed by atoms with E-state index in [1.54, 1.807) is 36.4 Å². The molecule has 1 unspecified atom stereocenters. The Morgan fingerprint density at radius 2 is 1.73 bits per heavy atom. The van der Waals surface area contributed by atoms with E-state index in [2.05, 4.69) is 5.32 Å². The highest BCUT2D eigenvalue weighted by Crippen LogP contribution is 2.25. The first kappa shape index (κ1) is 24.1. The molecular formula is C20H20Cl2FNO5S. The fourth-order valence-corrected chi connectivity index (χ4v) is 3.17. The number of ether oxygens (including phenoxy) is 2. The van der Waals surface area contributed by atoms with Crippen molar-refractivity contribution >= 4 is 46.1 Å². The van der Waals surface area contributed by atoms with Crippen molar-refractivity contribution in [1.29, 1.82) is 0 Å². The number of hydrogen-bond acceptors (Lipinski definition) is 5. The smallest absolute Gasteiger partial charge is 0.429 e. The Hall–Kier alpha value is -2.16. The first-order valence-corrected chi connectivity index (χ1v) is 11.2. The number of halogens is 3. The summed E-state index contributed by atoms with van der Waals surface area (Å²) in [4.78, 5) is 23.2. The second kappa shape index (κ2) is 11.9. The van der Waals surface area contributed by atoms with Gasteiger partial charge >= 0.3 is 6.16 Å². The Kier molecular flexibility index (Phi) is 9.55. The van der Waals surface area contributed by atoms with E-state index in [1.807, 2.05) is 6.07 Å². The van der Waals surface area contributed by atoms with Crippen molar-refractivity contribution in [2.45, 2.75) is 28.5 Å². The molecule has 2 aromatic carbocycles. The number of amides is 1. The first-order chi connectivity index (χ1) is 14.3. The van der Waals surface area contributed by atoms with Gasteiger partial charge in [-0.1, -0.05) is 65.7 Å². The zero-order valence-electron chi connectivity index (χ0n) is 15.9. The lowest BCUT2D eigenvalue weighted by atomic mass is 10.0. The van der Waals surface area contributed by atoms with Gasteiger partial charge in [-0.05, 0) is 23.3 Å². The molecule has 0 aliphatic heterocycles. The Morgan fingerprint density at radius 3 is 2.27 bits per heavy atom. The maximum Gasteiger partial charge on any atom is 0.509 e. The van der Waals surface area contributed by atoms with Gasteiger partial charge in [-0.25, -0.2) is 9.18 Å². The molecule has 0 saturated carbocycles. The van der Waals surface area contributed by atoms with Crippen LogP contribution < -0.4 is 5.32 Å². The summed E-state index contributed by atoms with van der Waals surface area (Å²) in [6.45, 7) is -1.11. The molecule has 0 radical (unpaired) electrons. The van der Waals surface area contributed by atoms with Gasteiger partial charge in [-0.15, -0.1) is 0 Å². The normalized spacial score (nSPS) is 13.9. The third kappa shape index (κ3) is 7.27. The van der Waals surface area contributed by atoms with E-state index in [4.69, 9.17) is 32.7 Å². The zero-order chi connectivity index (χ0) is 22.1. The molecule has 2 aromatic rings. The fraction of sp³-hybridized carbons (Fsp3) is 0.300. The fourth-order valence-electron chi connectivity index (χ4n) is 2.53. The summed E-state index contributed by atoms with van der Waals surface area (Å²) >= 11 is 11.0. The van der Waals surface area contributed by atoms with Gasteiger partial charge in [0.2, 0.25) is 0 Å². The summed E-state index contributed by atoms with van der Waals surface area (Å²) in [6, 6.07) is 13.8. The summed E-state index contributed by atoms with van der Waals surface area (Å²) < 4.78 is 35.7. The van der Waals surface area contributed by atoms with E-state index in [0.717, 1.165) is 5.56 Å². The number of alkyl halides is 3. The number of benzene rings is 2. The van der Waals surface area contributed by atoms with Gasteiger partial charge < -0.3 is 14.8 Å². The Labute approximate surface area is 186 Å². The van der Waals surface area contributed by atoms with Crippen molar-refractivity contribution in [3.05, 3.63) is 65.7 Å². The van der Waals surface area contributed by atoms with Crippen molar-refractivity contribution in [2.75, 3.05) is 12.9 Å². The minimum absolute atomic E-state index is 0.0434. The second-order valence-electron chi connectivity index (χ2n) is 6.16. The van der Waals surface area contributed by atoms with E-state index in [1.165, 1.54) is 18.4 Å². The molecule has 0 aliphatic rings. The van der Waals surface area contributed by atoms with E-state index in [0.29, 0.717) is 10.5 Å². The lowest BCUT2D eigenvalue weighted by Crippen LogP contribution is -2.44. The molecule has 0 fully saturated rings. The molecule has 0 aliphatic carbocycles. The van der Waals surface area contributed by atoms with Crippen LogP contribution in [-0.2, 0) is 31.7 Å².